The fraction of sp³-hybridized carbons (Fsp3) is 0.562. The van der Waals surface area contributed by atoms with E-state index in [4.69, 9.17) is 0 Å². The van der Waals surface area contributed by atoms with E-state index in [-0.39, 0.29) is 24.0 Å². The Morgan fingerprint density at radius 3 is 2.57 bits per heavy atom. The first-order chi connectivity index (χ1) is 10.5. The van der Waals surface area contributed by atoms with Gasteiger partial charge in [0.1, 0.15) is 0 Å². The lowest BCUT2D eigenvalue weighted by molar-refractivity contribution is -0.384. The highest BCUT2D eigenvalue weighted by Crippen LogP contribution is 2.22. The van der Waals surface area contributed by atoms with Crippen LogP contribution in [0.2, 0.25) is 0 Å². The zero-order valence-electron chi connectivity index (χ0n) is 13.6. The largest absolute Gasteiger partial charge is 0.339 e. The fourth-order valence-corrected chi connectivity index (χ4v) is 2.86. The molecule has 1 saturated heterocycles. The van der Waals surface area contributed by atoms with Crippen LogP contribution in [0.1, 0.15) is 35.7 Å². The molecule has 1 amide bonds. The zero-order valence-corrected chi connectivity index (χ0v) is 14.4. The maximum Gasteiger partial charge on any atom is 0.269 e. The number of nitro benzene ring substituents is 1. The number of rotatable bonds is 5. The third-order valence-electron chi connectivity index (χ3n) is 4.24. The van der Waals surface area contributed by atoms with Crippen LogP contribution in [0.3, 0.4) is 0 Å². The number of hydrogen-bond acceptors (Lipinski definition) is 4. The number of hydrogen-bond donors (Lipinski definition) is 1. The topological polar surface area (TPSA) is 75.5 Å². The summed E-state index contributed by atoms with van der Waals surface area (Å²) in [5, 5.41) is 14.1. The summed E-state index contributed by atoms with van der Waals surface area (Å²) in [7, 11) is 0. The Hall–Kier alpha value is -1.66. The zero-order chi connectivity index (χ0) is 16.1. The summed E-state index contributed by atoms with van der Waals surface area (Å²) in [6, 6.07) is 4.43. The number of nitrogens with zero attached hydrogens (tertiary/aromatic N) is 2. The Labute approximate surface area is 142 Å². The third-order valence-corrected chi connectivity index (χ3v) is 4.24. The van der Waals surface area contributed by atoms with Crippen LogP contribution in [0.15, 0.2) is 18.2 Å². The van der Waals surface area contributed by atoms with Crippen molar-refractivity contribution in [1.29, 1.82) is 0 Å². The van der Waals surface area contributed by atoms with E-state index in [9.17, 15) is 14.9 Å². The molecule has 0 bridgehead atoms. The second-order valence-corrected chi connectivity index (χ2v) is 5.80. The van der Waals surface area contributed by atoms with Gasteiger partial charge in [0.15, 0.2) is 0 Å². The summed E-state index contributed by atoms with van der Waals surface area (Å²) in [6.45, 7) is 7.33. The summed E-state index contributed by atoms with van der Waals surface area (Å²) < 4.78 is 0. The average molecular weight is 342 g/mol. The van der Waals surface area contributed by atoms with Crippen molar-refractivity contribution in [3.8, 4) is 0 Å². The van der Waals surface area contributed by atoms with E-state index in [2.05, 4.69) is 12.2 Å². The Balaban J connectivity index is 0.00000264. The molecular formula is C16H24ClN3O3. The van der Waals surface area contributed by atoms with Crippen molar-refractivity contribution in [2.45, 2.75) is 26.7 Å². The molecule has 1 heterocycles. The van der Waals surface area contributed by atoms with Crippen molar-refractivity contribution in [1.82, 2.24) is 10.2 Å². The van der Waals surface area contributed by atoms with Crippen LogP contribution >= 0.6 is 12.4 Å². The number of nitrogens with one attached hydrogen (secondary N) is 1. The molecule has 7 heteroatoms. The molecule has 1 aromatic rings. The van der Waals surface area contributed by atoms with Crippen LogP contribution in [0.25, 0.3) is 0 Å². The van der Waals surface area contributed by atoms with Gasteiger partial charge < -0.3 is 10.2 Å². The molecular weight excluding hydrogens is 318 g/mol. The van der Waals surface area contributed by atoms with Gasteiger partial charge in [-0.25, -0.2) is 0 Å². The van der Waals surface area contributed by atoms with Gasteiger partial charge in [0, 0.05) is 30.8 Å². The normalized spacial score (nSPS) is 15.1. The van der Waals surface area contributed by atoms with E-state index < -0.39 is 4.92 Å². The van der Waals surface area contributed by atoms with Crippen LogP contribution < -0.4 is 5.32 Å². The molecule has 6 nitrogen and oxygen atoms in total. The minimum absolute atomic E-state index is 0. The average Bonchev–Trinajstić information content (AvgIpc) is 2.52. The Bertz CT molecular complexity index is 558. The van der Waals surface area contributed by atoms with E-state index in [1.54, 1.807) is 13.0 Å². The van der Waals surface area contributed by atoms with Crippen LogP contribution in [0, 0.1) is 23.0 Å². The molecule has 0 unspecified atom stereocenters. The summed E-state index contributed by atoms with van der Waals surface area (Å²) in [5.74, 6) is 0.608. The van der Waals surface area contributed by atoms with Crippen LogP contribution in [0.4, 0.5) is 5.69 Å². The molecule has 1 aromatic carbocycles. The number of piperidine rings is 1. The lowest BCUT2D eigenvalue weighted by Crippen LogP contribution is -2.41. The van der Waals surface area contributed by atoms with Gasteiger partial charge in [-0.1, -0.05) is 6.92 Å². The number of non-ortho nitro benzene ring substituents is 1. The molecule has 0 saturated carbocycles. The number of aryl methyl sites for hydroxylation is 1. The van der Waals surface area contributed by atoms with Crippen molar-refractivity contribution >= 4 is 24.0 Å². The number of halogens is 1. The molecule has 23 heavy (non-hydrogen) atoms. The van der Waals surface area contributed by atoms with E-state index in [1.165, 1.54) is 12.1 Å². The van der Waals surface area contributed by atoms with Gasteiger partial charge in [-0.05, 0) is 50.4 Å². The van der Waals surface area contributed by atoms with Crippen molar-refractivity contribution in [3.05, 3.63) is 39.4 Å². The van der Waals surface area contributed by atoms with Crippen LogP contribution in [0.5, 0.6) is 0 Å². The number of likely N-dealkylation sites (tertiary alicyclic amines) is 1. The van der Waals surface area contributed by atoms with Crippen molar-refractivity contribution in [2.75, 3.05) is 26.2 Å². The molecule has 128 valence electrons. The monoisotopic (exact) mass is 341 g/mol. The molecule has 1 aliphatic rings. The molecule has 0 aromatic heterocycles. The molecule has 0 radical (unpaired) electrons. The molecule has 1 aliphatic heterocycles. The first kappa shape index (κ1) is 19.4. The van der Waals surface area contributed by atoms with Crippen LogP contribution in [-0.2, 0) is 0 Å². The van der Waals surface area contributed by atoms with Gasteiger partial charge in [-0.2, -0.15) is 0 Å². The number of amides is 1. The number of benzene rings is 1. The predicted octanol–water partition coefficient (Wildman–Crippen LogP) is 2.79. The Morgan fingerprint density at radius 1 is 1.39 bits per heavy atom. The first-order valence-corrected chi connectivity index (χ1v) is 7.78. The predicted molar refractivity (Wildman–Crippen MR) is 92.3 cm³/mol. The summed E-state index contributed by atoms with van der Waals surface area (Å²) in [4.78, 5) is 24.7. The molecule has 1 fully saturated rings. The lowest BCUT2D eigenvalue weighted by Gasteiger charge is -2.32. The smallest absolute Gasteiger partial charge is 0.269 e. The minimum atomic E-state index is -0.437. The quantitative estimate of drug-likeness (QED) is 0.660. The first-order valence-electron chi connectivity index (χ1n) is 7.78. The molecule has 0 atom stereocenters. The number of carbonyl (C=O) groups is 1. The van der Waals surface area contributed by atoms with E-state index in [0.29, 0.717) is 17.0 Å². The minimum Gasteiger partial charge on any atom is -0.339 e. The van der Waals surface area contributed by atoms with E-state index in [0.717, 1.165) is 39.0 Å². The van der Waals surface area contributed by atoms with Gasteiger partial charge in [0.05, 0.1) is 4.92 Å². The van der Waals surface area contributed by atoms with E-state index >= 15 is 0 Å². The van der Waals surface area contributed by atoms with Gasteiger partial charge >= 0.3 is 0 Å². The maximum atomic E-state index is 12.6. The number of carbonyl (C=O) groups excluding carboxylic acids is 1. The van der Waals surface area contributed by atoms with Crippen LogP contribution in [-0.4, -0.2) is 41.9 Å². The summed E-state index contributed by atoms with van der Waals surface area (Å²) in [6.07, 6.45) is 2.01. The highest BCUT2D eigenvalue weighted by atomic mass is 35.5. The highest BCUT2D eigenvalue weighted by Gasteiger charge is 2.24. The second kappa shape index (κ2) is 8.84. The Morgan fingerprint density at radius 2 is 2.04 bits per heavy atom. The lowest BCUT2D eigenvalue weighted by atomic mass is 9.95. The SMILES string of the molecule is CCNCC1CCN(C(=O)c2ccc([N+](=O)[O-])cc2C)CC1.Cl. The summed E-state index contributed by atoms with van der Waals surface area (Å²) >= 11 is 0. The standard InChI is InChI=1S/C16H23N3O3.ClH/c1-3-17-11-13-6-8-18(9-7-13)16(20)15-5-4-14(19(21)22)10-12(15)2;/h4-5,10,13,17H,3,6-9,11H2,1-2H3;1H. The second-order valence-electron chi connectivity index (χ2n) is 5.80. The van der Waals surface area contributed by atoms with Gasteiger partial charge in [0.2, 0.25) is 0 Å². The molecule has 0 aliphatic carbocycles. The van der Waals surface area contributed by atoms with E-state index in [1.807, 2.05) is 4.90 Å². The van der Waals surface area contributed by atoms with Crippen molar-refractivity contribution in [3.63, 3.8) is 0 Å². The van der Waals surface area contributed by atoms with Crippen molar-refractivity contribution < 1.29 is 9.72 Å². The molecule has 0 spiro atoms. The maximum absolute atomic E-state index is 12.6. The molecule has 1 N–H and O–H groups in total. The Kier molecular flexibility index (Phi) is 7.45. The highest BCUT2D eigenvalue weighted by molar-refractivity contribution is 5.96. The molecule has 2 rings (SSSR count). The van der Waals surface area contributed by atoms with Gasteiger partial charge in [-0.3, -0.25) is 14.9 Å². The van der Waals surface area contributed by atoms with Gasteiger partial charge in [-0.15, -0.1) is 12.4 Å². The van der Waals surface area contributed by atoms with Crippen molar-refractivity contribution in [2.24, 2.45) is 5.92 Å². The third kappa shape index (κ3) is 4.91. The fourth-order valence-electron chi connectivity index (χ4n) is 2.86. The van der Waals surface area contributed by atoms with Gasteiger partial charge in [0.25, 0.3) is 11.6 Å². The number of nitro groups is 1. The summed E-state index contributed by atoms with van der Waals surface area (Å²) in [5.41, 5.74) is 1.25.